The van der Waals surface area contributed by atoms with Crippen molar-refractivity contribution in [1.29, 1.82) is 0 Å². The van der Waals surface area contributed by atoms with Crippen molar-refractivity contribution < 1.29 is 27.9 Å². The Balaban J connectivity index is 1.99. The van der Waals surface area contributed by atoms with Crippen LogP contribution in [0.3, 0.4) is 0 Å². The lowest BCUT2D eigenvalue weighted by molar-refractivity contribution is -0.134. The number of piperazine rings is 1. The number of para-hydroxylation sites is 1. The summed E-state index contributed by atoms with van der Waals surface area (Å²) in [7, 11) is 0. The number of amidine groups is 1. The lowest BCUT2D eigenvalue weighted by atomic mass is 10.0. The predicted molar refractivity (Wildman–Crippen MR) is 177 cm³/mol. The van der Waals surface area contributed by atoms with Gasteiger partial charge in [-0.25, -0.2) is 18.8 Å². The number of esters is 1. The van der Waals surface area contributed by atoms with Gasteiger partial charge < -0.3 is 19.9 Å². The van der Waals surface area contributed by atoms with Gasteiger partial charge in [0.15, 0.2) is 5.82 Å². The molecule has 242 valence electrons. The van der Waals surface area contributed by atoms with Crippen molar-refractivity contribution in [2.75, 3.05) is 31.2 Å². The van der Waals surface area contributed by atoms with Gasteiger partial charge >= 0.3 is 5.97 Å². The molecule has 0 bridgehead atoms. The van der Waals surface area contributed by atoms with E-state index in [0.29, 0.717) is 37.6 Å². The highest BCUT2D eigenvalue weighted by Gasteiger charge is 2.32. The van der Waals surface area contributed by atoms with Crippen molar-refractivity contribution in [3.05, 3.63) is 77.9 Å². The van der Waals surface area contributed by atoms with Crippen molar-refractivity contribution in [3.63, 3.8) is 0 Å². The second-order valence-corrected chi connectivity index (χ2v) is 11.8. The Labute approximate surface area is 271 Å². The summed E-state index contributed by atoms with van der Waals surface area (Å²) in [6, 6.07) is 10.5. The third-order valence-corrected chi connectivity index (χ3v) is 8.38. The summed E-state index contributed by atoms with van der Waals surface area (Å²) in [5.41, 5.74) is 0.979. The second kappa shape index (κ2) is 15.1. The van der Waals surface area contributed by atoms with E-state index in [9.17, 15) is 14.4 Å². The van der Waals surface area contributed by atoms with Crippen LogP contribution in [0, 0.1) is 11.6 Å². The third kappa shape index (κ3) is 7.28. The molecule has 0 spiro atoms. The van der Waals surface area contributed by atoms with Gasteiger partial charge in [0.1, 0.15) is 28.9 Å². The highest BCUT2D eigenvalue weighted by atomic mass is 32.2. The van der Waals surface area contributed by atoms with E-state index >= 15 is 8.78 Å². The van der Waals surface area contributed by atoms with Crippen LogP contribution >= 0.6 is 11.8 Å². The summed E-state index contributed by atoms with van der Waals surface area (Å²) < 4.78 is 36.8. The number of aliphatic imine (C=N–C) groups is 1. The number of hydrogen-bond donors (Lipinski definition) is 1. The first-order valence-corrected chi connectivity index (χ1v) is 16.1. The Bertz CT molecular complexity index is 1680. The van der Waals surface area contributed by atoms with Crippen LogP contribution in [0.5, 0.6) is 5.75 Å². The van der Waals surface area contributed by atoms with Crippen LogP contribution in [0.2, 0.25) is 0 Å². The Morgan fingerprint density at radius 3 is 2.57 bits per heavy atom. The number of carbonyl (C=O) groups is 3. The second-order valence-electron chi connectivity index (χ2n) is 10.9. The van der Waals surface area contributed by atoms with Crippen LogP contribution in [0.25, 0.3) is 11.3 Å². The summed E-state index contributed by atoms with van der Waals surface area (Å²) in [5, 5.41) is 2.55. The van der Waals surface area contributed by atoms with E-state index in [1.165, 1.54) is 30.0 Å². The number of thioether (sulfide) groups is 1. The molecule has 0 saturated carbocycles. The molecule has 1 unspecified atom stereocenters. The molecule has 1 aliphatic heterocycles. The van der Waals surface area contributed by atoms with E-state index < -0.39 is 23.3 Å². The molecule has 2 heterocycles. The van der Waals surface area contributed by atoms with E-state index in [2.05, 4.69) is 16.9 Å². The number of halogens is 2. The maximum atomic E-state index is 16.2. The molecule has 1 saturated heterocycles. The topological polar surface area (TPSA) is 104 Å². The molecule has 0 radical (unpaired) electrons. The Hall–Kier alpha value is -4.58. The van der Waals surface area contributed by atoms with Gasteiger partial charge in [-0.1, -0.05) is 45.5 Å². The fraction of sp³-hybridized carbons (Fsp3) is 0.324. The molecule has 46 heavy (non-hydrogen) atoms. The zero-order valence-electron chi connectivity index (χ0n) is 26.5. The van der Waals surface area contributed by atoms with Gasteiger partial charge in [0.05, 0.1) is 16.8 Å². The third-order valence-electron chi connectivity index (χ3n) is 7.61. The fourth-order valence-electron chi connectivity index (χ4n) is 5.29. The molecule has 0 aliphatic carbocycles. The first kappa shape index (κ1) is 34.3. The normalized spacial score (nSPS) is 15.1. The Kier molecular flexibility index (Phi) is 11.3. The van der Waals surface area contributed by atoms with E-state index in [1.54, 1.807) is 11.8 Å². The van der Waals surface area contributed by atoms with Crippen molar-refractivity contribution in [3.8, 4) is 17.0 Å². The summed E-state index contributed by atoms with van der Waals surface area (Å²) in [4.78, 5) is 50.5. The number of amides is 2. The minimum Gasteiger partial charge on any atom is -0.426 e. The number of anilines is 1. The number of ether oxygens (including phenoxy) is 1. The van der Waals surface area contributed by atoms with E-state index in [1.807, 2.05) is 50.1 Å². The molecule has 12 heteroatoms. The lowest BCUT2D eigenvalue weighted by Gasteiger charge is -2.41. The van der Waals surface area contributed by atoms with Crippen LogP contribution in [0.4, 0.5) is 20.3 Å². The van der Waals surface area contributed by atoms with Gasteiger partial charge in [-0.05, 0) is 55.0 Å². The predicted octanol–water partition coefficient (Wildman–Crippen LogP) is 6.55. The average molecular weight is 650 g/mol. The summed E-state index contributed by atoms with van der Waals surface area (Å²) in [6.07, 6.45) is 3.61. The number of nitrogens with one attached hydrogen (secondary N) is 1. The van der Waals surface area contributed by atoms with Crippen LogP contribution in [-0.2, 0) is 14.4 Å². The van der Waals surface area contributed by atoms with Gasteiger partial charge in [0.25, 0.3) is 0 Å². The summed E-state index contributed by atoms with van der Waals surface area (Å²) in [6.45, 7) is 12.2. The molecule has 3 aromatic rings. The molecule has 1 fully saturated rings. The molecule has 2 aromatic carbocycles. The average Bonchev–Trinajstić information content (AvgIpc) is 3.04. The number of carbonyl (C=O) groups excluding carboxylic acids is 3. The molecule has 1 N–H and O–H groups in total. The quantitative estimate of drug-likeness (QED) is 0.0505. The maximum Gasteiger partial charge on any atom is 0.310 e. The van der Waals surface area contributed by atoms with Crippen molar-refractivity contribution in [2.24, 2.45) is 4.99 Å². The maximum absolute atomic E-state index is 16.2. The van der Waals surface area contributed by atoms with Gasteiger partial charge in [0.2, 0.25) is 12.3 Å². The molecule has 4 rings (SSSR count). The number of benzene rings is 2. The molecular weight excluding hydrogens is 612 g/mol. The first-order chi connectivity index (χ1) is 22.0. The molecule has 1 atom stereocenters. The van der Waals surface area contributed by atoms with E-state index in [4.69, 9.17) is 9.73 Å². The molecule has 1 aromatic heterocycles. The van der Waals surface area contributed by atoms with Gasteiger partial charge in [-0.3, -0.25) is 14.4 Å². The number of hydrogen-bond acceptors (Lipinski definition) is 7. The van der Waals surface area contributed by atoms with Crippen molar-refractivity contribution in [2.45, 2.75) is 51.0 Å². The minimum absolute atomic E-state index is 0.0162. The monoisotopic (exact) mass is 649 g/mol. The smallest absolute Gasteiger partial charge is 0.310 e. The summed E-state index contributed by atoms with van der Waals surface area (Å²) in [5.74, 6) is -2.50. The largest absolute Gasteiger partial charge is 0.426 e. The Morgan fingerprint density at radius 2 is 1.93 bits per heavy atom. The summed E-state index contributed by atoms with van der Waals surface area (Å²) >= 11 is 1.51. The van der Waals surface area contributed by atoms with Crippen LogP contribution in [-0.4, -0.2) is 70.8 Å². The molecule has 9 nitrogen and oxygen atoms in total. The van der Waals surface area contributed by atoms with Crippen LogP contribution in [0.15, 0.2) is 65.0 Å². The minimum atomic E-state index is -0.923. The first-order valence-electron chi connectivity index (χ1n) is 14.9. The zero-order valence-corrected chi connectivity index (χ0v) is 27.3. The van der Waals surface area contributed by atoms with Crippen LogP contribution < -0.4 is 10.1 Å². The molecular formula is C34H37F2N5O4S. The number of rotatable bonds is 10. The number of aromatic nitrogens is 1. The van der Waals surface area contributed by atoms with Crippen molar-refractivity contribution in [1.82, 2.24) is 14.8 Å². The van der Waals surface area contributed by atoms with E-state index in [-0.39, 0.29) is 47.0 Å². The lowest BCUT2D eigenvalue weighted by Crippen LogP contribution is -2.55. The highest BCUT2D eigenvalue weighted by molar-refractivity contribution is 7.98. The van der Waals surface area contributed by atoms with Crippen LogP contribution in [0.1, 0.15) is 51.2 Å². The number of pyridine rings is 1. The van der Waals surface area contributed by atoms with Crippen molar-refractivity contribution >= 4 is 47.4 Å². The number of nitrogens with zero attached hydrogens (tertiary/aromatic N) is 4. The van der Waals surface area contributed by atoms with Gasteiger partial charge in [0, 0.05) is 37.0 Å². The van der Waals surface area contributed by atoms with E-state index in [0.717, 1.165) is 22.6 Å². The zero-order chi connectivity index (χ0) is 33.5. The van der Waals surface area contributed by atoms with Gasteiger partial charge in [-0.2, -0.15) is 0 Å². The SMILES string of the molecule is C=CC(=O)N1CCN(/C(=N/c2c(SC)cccc2C(C)C)c2cc(F)c(-c3c(F)cccc3OC(=O)CC)nc2NC=O)C(C)C1. The Morgan fingerprint density at radius 1 is 1.20 bits per heavy atom. The molecule has 2 amide bonds. The molecule has 1 aliphatic rings. The highest BCUT2D eigenvalue weighted by Crippen LogP contribution is 2.39. The standard InChI is InChI=1S/C34H37F2N5O4S/c1-7-28(43)40-15-16-41(21(5)18-40)34(39-31-22(20(3)4)11-9-14-27(31)46-6)23-17-25(36)32(38-33(23)37-19-42)30-24(35)12-10-13-26(30)45-29(44)8-2/h7,9-14,17,19-21H,1,8,15-16,18H2,2-6H3,(H,37,38,42)/b39-34+. The van der Waals surface area contributed by atoms with Gasteiger partial charge in [-0.15, -0.1) is 11.8 Å². The fourth-order valence-corrected chi connectivity index (χ4v) is 5.86.